The van der Waals surface area contributed by atoms with Crippen molar-refractivity contribution in [2.24, 2.45) is 0 Å². The van der Waals surface area contributed by atoms with E-state index in [2.05, 4.69) is 10.6 Å². The van der Waals surface area contributed by atoms with Crippen molar-refractivity contribution in [3.8, 4) is 5.75 Å². The molecule has 0 fully saturated rings. The number of rotatable bonds is 10. The molecule has 0 unspecified atom stereocenters. The third-order valence-electron chi connectivity index (χ3n) is 3.32. The normalized spacial score (nSPS) is 11.3. The fourth-order valence-corrected chi connectivity index (χ4v) is 2.16. The van der Waals surface area contributed by atoms with E-state index < -0.39 is 24.5 Å². The number of hydrogen-bond donors (Lipinski definition) is 2. The van der Waals surface area contributed by atoms with Gasteiger partial charge in [0.15, 0.2) is 0 Å². The predicted molar refractivity (Wildman–Crippen MR) is 91.1 cm³/mol. The lowest BCUT2D eigenvalue weighted by Gasteiger charge is -2.18. The molecule has 0 spiro atoms. The summed E-state index contributed by atoms with van der Waals surface area (Å²) in [4.78, 5) is 24.7. The third-order valence-corrected chi connectivity index (χ3v) is 3.32. The van der Waals surface area contributed by atoms with Gasteiger partial charge in [0.25, 0.3) is 5.91 Å². The monoisotopic (exact) mass is 375 g/mol. The molecule has 1 aromatic rings. The van der Waals surface area contributed by atoms with Crippen LogP contribution in [0.25, 0.3) is 0 Å². The Morgan fingerprint density at radius 2 is 1.81 bits per heavy atom. The van der Waals surface area contributed by atoms with Gasteiger partial charge in [0.1, 0.15) is 5.75 Å². The quantitative estimate of drug-likeness (QED) is 0.612. The summed E-state index contributed by atoms with van der Waals surface area (Å²) in [7, 11) is 1.37. The van der Waals surface area contributed by atoms with Crippen molar-refractivity contribution in [1.29, 1.82) is 0 Å². The van der Waals surface area contributed by atoms with Crippen LogP contribution in [0.5, 0.6) is 5.75 Å². The number of ether oxygens (including phenoxy) is 1. The largest absolute Gasteiger partial charge is 0.494 e. The van der Waals surface area contributed by atoms with Crippen LogP contribution < -0.4 is 15.4 Å². The Labute approximate surface area is 150 Å². The van der Waals surface area contributed by atoms with E-state index in [0.29, 0.717) is 24.3 Å². The molecule has 9 heteroatoms. The zero-order chi connectivity index (χ0) is 19.6. The fourth-order valence-electron chi connectivity index (χ4n) is 2.16. The molecule has 0 saturated heterocycles. The zero-order valence-corrected chi connectivity index (χ0v) is 14.9. The van der Waals surface area contributed by atoms with Crippen LogP contribution >= 0.6 is 0 Å². The highest BCUT2D eigenvalue weighted by atomic mass is 19.4. The van der Waals surface area contributed by atoms with E-state index in [1.165, 1.54) is 7.05 Å². The zero-order valence-electron chi connectivity index (χ0n) is 14.9. The van der Waals surface area contributed by atoms with E-state index in [9.17, 15) is 22.8 Å². The Balaban J connectivity index is 2.22. The molecule has 0 aromatic heterocycles. The van der Waals surface area contributed by atoms with Gasteiger partial charge in [0.05, 0.1) is 19.7 Å². The molecule has 0 bridgehead atoms. The molecule has 0 aliphatic heterocycles. The van der Waals surface area contributed by atoms with Gasteiger partial charge in [-0.05, 0) is 51.2 Å². The summed E-state index contributed by atoms with van der Waals surface area (Å²) in [5.41, 5.74) is 0.398. The highest BCUT2D eigenvalue weighted by molar-refractivity contribution is 5.96. The lowest BCUT2D eigenvalue weighted by Crippen LogP contribution is -2.38. The Bertz CT molecular complexity index is 577. The summed E-state index contributed by atoms with van der Waals surface area (Å²) >= 11 is 0. The third kappa shape index (κ3) is 9.26. The number of carbonyl (C=O) groups excluding carboxylic acids is 2. The van der Waals surface area contributed by atoms with Crippen LogP contribution in [0.3, 0.4) is 0 Å². The summed E-state index contributed by atoms with van der Waals surface area (Å²) in [6.45, 7) is 1.63. The number of alkyl halides is 3. The maximum absolute atomic E-state index is 12.2. The van der Waals surface area contributed by atoms with Crippen molar-refractivity contribution >= 4 is 11.8 Å². The molecular formula is C17H24F3N3O3. The van der Waals surface area contributed by atoms with E-state index in [-0.39, 0.29) is 19.6 Å². The van der Waals surface area contributed by atoms with Crippen molar-refractivity contribution in [2.75, 3.05) is 39.8 Å². The topological polar surface area (TPSA) is 70.7 Å². The summed E-state index contributed by atoms with van der Waals surface area (Å²) in [6, 6.07) is 6.51. The number of nitrogens with zero attached hydrogens (tertiary/aromatic N) is 1. The van der Waals surface area contributed by atoms with Crippen LogP contribution in [0.1, 0.15) is 23.7 Å². The first-order valence-electron chi connectivity index (χ1n) is 8.24. The number of carbonyl (C=O) groups is 2. The van der Waals surface area contributed by atoms with Crippen molar-refractivity contribution < 1.29 is 27.5 Å². The standard InChI is InChI=1S/C17H24F3N3O3/c1-3-26-14-7-5-13(6-8-14)16(25)22-11-15(24)21-9-4-10-23(2)12-17(18,19)20/h5-8H,3-4,9-12H2,1-2H3,(H,21,24)(H,22,25). The minimum absolute atomic E-state index is 0.204. The predicted octanol–water partition coefficient (Wildman–Crippen LogP) is 1.82. The fraction of sp³-hybridized carbons (Fsp3) is 0.529. The second kappa shape index (κ2) is 10.6. The minimum Gasteiger partial charge on any atom is -0.494 e. The molecule has 0 aliphatic rings. The van der Waals surface area contributed by atoms with Crippen LogP contribution in [0.15, 0.2) is 24.3 Å². The van der Waals surface area contributed by atoms with Gasteiger partial charge in [0.2, 0.25) is 5.91 Å². The number of hydrogen-bond acceptors (Lipinski definition) is 4. The highest BCUT2D eigenvalue weighted by Gasteiger charge is 2.28. The SMILES string of the molecule is CCOc1ccc(C(=O)NCC(=O)NCCCN(C)CC(F)(F)F)cc1. The summed E-state index contributed by atoms with van der Waals surface area (Å²) < 4.78 is 41.8. The maximum Gasteiger partial charge on any atom is 0.401 e. The molecule has 0 atom stereocenters. The Kier molecular flexibility index (Phi) is 8.91. The molecule has 1 rings (SSSR count). The van der Waals surface area contributed by atoms with Gasteiger partial charge < -0.3 is 15.4 Å². The number of halogens is 3. The second-order valence-electron chi connectivity index (χ2n) is 5.70. The molecule has 146 valence electrons. The first kappa shape index (κ1) is 21.8. The Morgan fingerprint density at radius 3 is 2.38 bits per heavy atom. The number of nitrogens with one attached hydrogen (secondary N) is 2. The average Bonchev–Trinajstić information content (AvgIpc) is 2.56. The molecule has 6 nitrogen and oxygen atoms in total. The second-order valence-corrected chi connectivity index (χ2v) is 5.70. The molecule has 0 aliphatic carbocycles. The smallest absolute Gasteiger partial charge is 0.401 e. The first-order chi connectivity index (χ1) is 12.2. The van der Waals surface area contributed by atoms with Gasteiger partial charge in [-0.3, -0.25) is 14.5 Å². The minimum atomic E-state index is -4.23. The van der Waals surface area contributed by atoms with Crippen molar-refractivity contribution in [2.45, 2.75) is 19.5 Å². The highest BCUT2D eigenvalue weighted by Crippen LogP contribution is 2.15. The van der Waals surface area contributed by atoms with Crippen molar-refractivity contribution in [3.05, 3.63) is 29.8 Å². The summed E-state index contributed by atoms with van der Waals surface area (Å²) in [5, 5.41) is 5.03. The van der Waals surface area contributed by atoms with Gasteiger partial charge in [0, 0.05) is 12.1 Å². The van der Waals surface area contributed by atoms with Crippen LogP contribution in [-0.2, 0) is 4.79 Å². The van der Waals surface area contributed by atoms with Gasteiger partial charge in [-0.15, -0.1) is 0 Å². The number of amides is 2. The van der Waals surface area contributed by atoms with Crippen LogP contribution in [0.4, 0.5) is 13.2 Å². The van der Waals surface area contributed by atoms with Crippen molar-refractivity contribution in [3.63, 3.8) is 0 Å². The molecule has 2 amide bonds. The summed E-state index contributed by atoms with van der Waals surface area (Å²) in [6.07, 6.45) is -3.85. The van der Waals surface area contributed by atoms with Gasteiger partial charge in [-0.1, -0.05) is 0 Å². The molecule has 0 heterocycles. The molecule has 1 aromatic carbocycles. The molecule has 0 saturated carbocycles. The van der Waals surface area contributed by atoms with Crippen molar-refractivity contribution in [1.82, 2.24) is 15.5 Å². The van der Waals surface area contributed by atoms with E-state index in [4.69, 9.17) is 4.74 Å². The maximum atomic E-state index is 12.2. The number of benzene rings is 1. The van der Waals surface area contributed by atoms with E-state index in [1.807, 2.05) is 6.92 Å². The molecule has 2 N–H and O–H groups in total. The van der Waals surface area contributed by atoms with Crippen LogP contribution in [-0.4, -0.2) is 62.7 Å². The first-order valence-corrected chi connectivity index (χ1v) is 8.24. The van der Waals surface area contributed by atoms with E-state index in [1.54, 1.807) is 24.3 Å². The molecular weight excluding hydrogens is 351 g/mol. The van der Waals surface area contributed by atoms with Crippen LogP contribution in [0, 0.1) is 0 Å². The van der Waals surface area contributed by atoms with E-state index >= 15 is 0 Å². The lowest BCUT2D eigenvalue weighted by molar-refractivity contribution is -0.143. The average molecular weight is 375 g/mol. The Morgan fingerprint density at radius 1 is 1.15 bits per heavy atom. The summed E-state index contributed by atoms with van der Waals surface area (Å²) in [5.74, 6) is -0.145. The molecule has 26 heavy (non-hydrogen) atoms. The van der Waals surface area contributed by atoms with Gasteiger partial charge in [-0.25, -0.2) is 0 Å². The van der Waals surface area contributed by atoms with Gasteiger partial charge >= 0.3 is 6.18 Å². The lowest BCUT2D eigenvalue weighted by atomic mass is 10.2. The van der Waals surface area contributed by atoms with Crippen LogP contribution in [0.2, 0.25) is 0 Å². The Hall–Kier alpha value is -2.29. The molecule has 0 radical (unpaired) electrons. The van der Waals surface area contributed by atoms with E-state index in [0.717, 1.165) is 4.90 Å². The van der Waals surface area contributed by atoms with Gasteiger partial charge in [-0.2, -0.15) is 13.2 Å².